The van der Waals surface area contributed by atoms with Gasteiger partial charge in [0.05, 0.1) is 21.2 Å². The topological polar surface area (TPSA) is 92.8 Å². The summed E-state index contributed by atoms with van der Waals surface area (Å²) in [5, 5.41) is 2.96. The zero-order valence-corrected chi connectivity index (χ0v) is 17.1. The molecular formula is C20H20Cl2N2O5. The first-order valence-corrected chi connectivity index (χ1v) is 10.1. The molecule has 1 heterocycles. The molecule has 0 radical (unpaired) electrons. The number of carbonyl (C=O) groups is 4. The highest BCUT2D eigenvalue weighted by atomic mass is 35.5. The highest BCUT2D eigenvalue weighted by molar-refractivity contribution is 6.43. The Kier molecular flexibility index (Phi) is 6.92. The number of allylic oxidation sites excluding steroid dienone is 1. The Morgan fingerprint density at radius 2 is 1.72 bits per heavy atom. The third kappa shape index (κ3) is 5.16. The molecule has 7 nitrogen and oxygen atoms in total. The van der Waals surface area contributed by atoms with E-state index in [1.807, 2.05) is 0 Å². The average Bonchev–Trinajstić information content (AvgIpc) is 2.92. The molecule has 0 unspecified atom stereocenters. The van der Waals surface area contributed by atoms with Gasteiger partial charge in [0.1, 0.15) is 6.54 Å². The summed E-state index contributed by atoms with van der Waals surface area (Å²) in [6.07, 6.45) is 7.50. The zero-order chi connectivity index (χ0) is 21.0. The number of amides is 3. The van der Waals surface area contributed by atoms with Crippen molar-refractivity contribution in [1.29, 1.82) is 0 Å². The Hall–Kier alpha value is -2.38. The summed E-state index contributed by atoms with van der Waals surface area (Å²) < 4.78 is 4.89. The largest absolute Gasteiger partial charge is 0.454 e. The van der Waals surface area contributed by atoms with Gasteiger partial charge < -0.3 is 10.1 Å². The summed E-state index contributed by atoms with van der Waals surface area (Å²) >= 11 is 11.8. The molecule has 0 fully saturated rings. The van der Waals surface area contributed by atoms with Gasteiger partial charge in [-0.1, -0.05) is 34.9 Å². The number of halogens is 2. The summed E-state index contributed by atoms with van der Waals surface area (Å²) in [5.41, 5.74) is 1.48. The second kappa shape index (κ2) is 9.41. The Morgan fingerprint density at radius 3 is 2.31 bits per heavy atom. The first-order chi connectivity index (χ1) is 13.9. The fourth-order valence-electron chi connectivity index (χ4n) is 3.29. The van der Waals surface area contributed by atoms with Crippen molar-refractivity contribution in [3.63, 3.8) is 0 Å². The molecular weight excluding hydrogens is 419 g/mol. The molecule has 1 N–H and O–H groups in total. The van der Waals surface area contributed by atoms with Crippen LogP contribution in [-0.4, -0.2) is 48.3 Å². The Morgan fingerprint density at radius 1 is 1.07 bits per heavy atom. The maximum absolute atomic E-state index is 12.3. The van der Waals surface area contributed by atoms with Gasteiger partial charge >= 0.3 is 5.97 Å². The lowest BCUT2D eigenvalue weighted by Crippen LogP contribution is -2.37. The Bertz CT molecular complexity index is 856. The minimum Gasteiger partial charge on any atom is -0.454 e. The minimum absolute atomic E-state index is 0.0759. The summed E-state index contributed by atoms with van der Waals surface area (Å²) in [6, 6.07) is 2.58. The lowest BCUT2D eigenvalue weighted by atomic mass is 9.97. The van der Waals surface area contributed by atoms with Gasteiger partial charge in [0.25, 0.3) is 17.7 Å². The van der Waals surface area contributed by atoms with Gasteiger partial charge in [-0.3, -0.25) is 24.1 Å². The Labute approximate surface area is 178 Å². The highest BCUT2D eigenvalue weighted by Crippen LogP contribution is 2.31. The van der Waals surface area contributed by atoms with Crippen LogP contribution in [-0.2, 0) is 14.3 Å². The summed E-state index contributed by atoms with van der Waals surface area (Å²) in [4.78, 5) is 49.3. The van der Waals surface area contributed by atoms with E-state index in [2.05, 4.69) is 11.4 Å². The summed E-state index contributed by atoms with van der Waals surface area (Å²) in [7, 11) is 0. The molecule has 0 saturated carbocycles. The molecule has 29 heavy (non-hydrogen) atoms. The molecule has 1 aromatic carbocycles. The third-order valence-electron chi connectivity index (χ3n) is 4.82. The van der Waals surface area contributed by atoms with Crippen LogP contribution in [0.4, 0.5) is 0 Å². The summed E-state index contributed by atoms with van der Waals surface area (Å²) in [6.45, 7) is -0.595. The molecule has 0 spiro atoms. The molecule has 0 bridgehead atoms. The number of ether oxygens (including phenoxy) is 1. The van der Waals surface area contributed by atoms with Crippen molar-refractivity contribution in [2.45, 2.75) is 32.1 Å². The fourth-order valence-corrected chi connectivity index (χ4v) is 3.62. The third-order valence-corrected chi connectivity index (χ3v) is 5.54. The number of nitrogens with zero attached hydrogens (tertiary/aromatic N) is 1. The van der Waals surface area contributed by atoms with Crippen molar-refractivity contribution in [1.82, 2.24) is 10.2 Å². The molecule has 1 aliphatic carbocycles. The predicted molar refractivity (Wildman–Crippen MR) is 107 cm³/mol. The standard InChI is InChI=1S/C20H20Cl2N2O5/c21-15-8-13-14(9-16(15)22)20(28)24(19(13)27)10-18(26)29-11-17(25)23-7-6-12-4-2-1-3-5-12/h4,8-9H,1-3,5-7,10-11H2,(H,23,25). The first kappa shape index (κ1) is 21.3. The van der Waals surface area contributed by atoms with E-state index in [1.165, 1.54) is 30.5 Å². The van der Waals surface area contributed by atoms with E-state index >= 15 is 0 Å². The van der Waals surface area contributed by atoms with Crippen molar-refractivity contribution in [3.05, 3.63) is 45.0 Å². The molecule has 1 aromatic rings. The monoisotopic (exact) mass is 438 g/mol. The number of hydrogen-bond acceptors (Lipinski definition) is 5. The van der Waals surface area contributed by atoms with Crippen LogP contribution in [0.15, 0.2) is 23.8 Å². The van der Waals surface area contributed by atoms with Gasteiger partial charge in [-0.2, -0.15) is 0 Å². The van der Waals surface area contributed by atoms with Crippen LogP contribution in [0.1, 0.15) is 52.8 Å². The van der Waals surface area contributed by atoms with Crippen LogP contribution in [0, 0.1) is 0 Å². The molecule has 9 heteroatoms. The number of imide groups is 1. The van der Waals surface area contributed by atoms with E-state index < -0.39 is 36.8 Å². The molecule has 1 aliphatic heterocycles. The number of benzene rings is 1. The van der Waals surface area contributed by atoms with E-state index in [1.54, 1.807) is 0 Å². The molecule has 3 amide bonds. The first-order valence-electron chi connectivity index (χ1n) is 9.32. The second-order valence-corrected chi connectivity index (χ2v) is 7.69. The smallest absolute Gasteiger partial charge is 0.326 e. The van der Waals surface area contributed by atoms with Crippen molar-refractivity contribution in [2.24, 2.45) is 0 Å². The van der Waals surface area contributed by atoms with Gasteiger partial charge in [0, 0.05) is 6.54 Å². The summed E-state index contributed by atoms with van der Waals surface area (Å²) in [5.74, 6) is -2.62. The molecule has 3 rings (SSSR count). The van der Waals surface area contributed by atoms with Gasteiger partial charge in [-0.15, -0.1) is 0 Å². The van der Waals surface area contributed by atoms with Crippen molar-refractivity contribution < 1.29 is 23.9 Å². The normalized spacial score (nSPS) is 15.8. The second-order valence-electron chi connectivity index (χ2n) is 6.88. The molecule has 2 aliphatic rings. The van der Waals surface area contributed by atoms with E-state index in [0.717, 1.165) is 24.2 Å². The van der Waals surface area contributed by atoms with Gasteiger partial charge in [0.2, 0.25) is 0 Å². The lowest BCUT2D eigenvalue weighted by molar-refractivity contribution is -0.148. The number of fused-ring (bicyclic) bond motifs is 1. The molecule has 154 valence electrons. The molecule has 0 saturated heterocycles. The highest BCUT2D eigenvalue weighted by Gasteiger charge is 2.37. The maximum Gasteiger partial charge on any atom is 0.326 e. The zero-order valence-electron chi connectivity index (χ0n) is 15.6. The van der Waals surface area contributed by atoms with E-state index in [0.29, 0.717) is 6.54 Å². The number of rotatable bonds is 7. The SMILES string of the molecule is O=C(COC(=O)CN1C(=O)c2cc(Cl)c(Cl)cc2C1=O)NCCC1=CCCCC1. The van der Waals surface area contributed by atoms with Crippen molar-refractivity contribution in [3.8, 4) is 0 Å². The van der Waals surface area contributed by atoms with Crippen LogP contribution in [0.2, 0.25) is 10.0 Å². The van der Waals surface area contributed by atoms with Gasteiger partial charge in [-0.25, -0.2) is 0 Å². The quantitative estimate of drug-likeness (QED) is 0.400. The van der Waals surface area contributed by atoms with Crippen LogP contribution in [0.5, 0.6) is 0 Å². The van der Waals surface area contributed by atoms with Crippen LogP contribution >= 0.6 is 23.2 Å². The number of esters is 1. The average molecular weight is 439 g/mol. The predicted octanol–water partition coefficient (Wildman–Crippen LogP) is 3.14. The fraction of sp³-hybridized carbons (Fsp3) is 0.400. The number of nitrogens with one attached hydrogen (secondary N) is 1. The Balaban J connectivity index is 1.44. The number of carbonyl (C=O) groups excluding carboxylic acids is 4. The van der Waals surface area contributed by atoms with Crippen LogP contribution in [0.3, 0.4) is 0 Å². The molecule has 0 aromatic heterocycles. The van der Waals surface area contributed by atoms with Crippen LogP contribution < -0.4 is 5.32 Å². The van der Waals surface area contributed by atoms with Crippen molar-refractivity contribution in [2.75, 3.05) is 19.7 Å². The van der Waals surface area contributed by atoms with E-state index in [4.69, 9.17) is 27.9 Å². The minimum atomic E-state index is -0.859. The molecule has 0 atom stereocenters. The van der Waals surface area contributed by atoms with E-state index in [9.17, 15) is 19.2 Å². The number of hydrogen-bond donors (Lipinski definition) is 1. The van der Waals surface area contributed by atoms with Gasteiger partial charge in [0.15, 0.2) is 6.61 Å². The van der Waals surface area contributed by atoms with Gasteiger partial charge in [-0.05, 0) is 44.2 Å². The van der Waals surface area contributed by atoms with Crippen LogP contribution in [0.25, 0.3) is 0 Å². The lowest BCUT2D eigenvalue weighted by Gasteiger charge is -2.14. The van der Waals surface area contributed by atoms with E-state index in [-0.39, 0.29) is 21.2 Å². The van der Waals surface area contributed by atoms with Crippen molar-refractivity contribution >= 4 is 46.9 Å². The maximum atomic E-state index is 12.3.